The fourth-order valence-corrected chi connectivity index (χ4v) is 5.78. The zero-order valence-electron chi connectivity index (χ0n) is 23.2. The Morgan fingerprint density at radius 1 is 1.26 bits per heavy atom. The SMILES string of the molecule is CC(C)(C)C(=O)OCI.CO/N=C(/C(=O)C[C@@H]1C(=O)N2C(C(=O)O)=C(OS(=O)(=O)C(F)(F)F)CC[C@H]12)c1nc(C)sc1Cl. The average molecular weight is 788 g/mol. The molecule has 1 N–H and O–H groups in total. The Balaban J connectivity index is 0.000000621. The molecule has 1 saturated heterocycles. The molecule has 2 aliphatic heterocycles. The van der Waals surface area contributed by atoms with E-state index in [4.69, 9.17) is 16.3 Å². The highest BCUT2D eigenvalue weighted by molar-refractivity contribution is 14.1. The molecule has 1 amide bonds. The van der Waals surface area contributed by atoms with Gasteiger partial charge in [0.05, 0.1) is 16.3 Å². The van der Waals surface area contributed by atoms with Crippen LogP contribution in [-0.2, 0) is 43.1 Å². The standard InChI is InChI=1S/C17H15ClF3N3O8S2.C6H11IO2/c1-6-22-12(14(18)33-6)11(23-31-2)9(25)5-7-8-3-4-10(32-34(29,30)17(19,20)21)13(16(27)28)24(8)15(7)26;1-6(2,3)5(8)9-4-7/h7-8H,3-5H2,1-2H3,(H,27,28);4H2,1-3H3/b23-11-;/t7-,8+;/m0./s1. The number of fused-ring (bicyclic) bond motifs is 1. The summed E-state index contributed by atoms with van der Waals surface area (Å²) in [6.07, 6.45) is -1.11. The third-order valence-electron chi connectivity index (χ3n) is 5.79. The minimum absolute atomic E-state index is 0.0439. The molecular weight excluding hydrogens is 762 g/mol. The van der Waals surface area contributed by atoms with E-state index in [1.807, 2.05) is 43.4 Å². The number of alkyl halides is 4. The lowest BCUT2D eigenvalue weighted by Crippen LogP contribution is -2.63. The molecule has 13 nitrogen and oxygen atoms in total. The summed E-state index contributed by atoms with van der Waals surface area (Å²) >= 11 is 9.16. The Labute approximate surface area is 266 Å². The number of carbonyl (C=O) groups is 4. The first-order chi connectivity index (χ1) is 19.7. The van der Waals surface area contributed by atoms with Crippen LogP contribution in [0.2, 0.25) is 4.34 Å². The number of oxime groups is 1. The van der Waals surface area contributed by atoms with Crippen LogP contribution in [0.1, 0.15) is 50.7 Å². The van der Waals surface area contributed by atoms with Gasteiger partial charge in [-0.05, 0) is 56.7 Å². The highest BCUT2D eigenvalue weighted by atomic mass is 127. The molecule has 0 unspecified atom stereocenters. The van der Waals surface area contributed by atoms with Crippen molar-refractivity contribution in [3.05, 3.63) is 26.5 Å². The molecule has 0 saturated carbocycles. The number of aliphatic carboxylic acids is 1. The number of ketones is 1. The number of carbonyl (C=O) groups excluding carboxylic acids is 3. The van der Waals surface area contributed by atoms with Gasteiger partial charge in [-0.15, -0.1) is 11.3 Å². The van der Waals surface area contributed by atoms with Crippen molar-refractivity contribution < 1.29 is 59.6 Å². The van der Waals surface area contributed by atoms with Gasteiger partial charge in [-0.3, -0.25) is 19.3 Å². The van der Waals surface area contributed by atoms with Gasteiger partial charge in [-0.25, -0.2) is 9.78 Å². The number of amides is 1. The normalized spacial score (nSPS) is 19.1. The topological polar surface area (TPSA) is 179 Å². The van der Waals surface area contributed by atoms with Crippen molar-refractivity contribution in [1.29, 1.82) is 0 Å². The van der Waals surface area contributed by atoms with E-state index in [9.17, 15) is 45.9 Å². The smallest absolute Gasteiger partial charge is 0.476 e. The lowest BCUT2D eigenvalue weighted by Gasteiger charge is -2.49. The van der Waals surface area contributed by atoms with Crippen LogP contribution in [0.25, 0.3) is 0 Å². The predicted molar refractivity (Wildman–Crippen MR) is 154 cm³/mol. The predicted octanol–water partition coefficient (Wildman–Crippen LogP) is 4.17. The maximum Gasteiger partial charge on any atom is 0.534 e. The second kappa shape index (κ2) is 14.1. The van der Waals surface area contributed by atoms with Crippen molar-refractivity contribution in [2.45, 2.75) is 58.5 Å². The first kappa shape index (κ1) is 36.7. The number of nitrogens with zero attached hydrogens (tertiary/aromatic N) is 3. The lowest BCUT2D eigenvalue weighted by molar-refractivity contribution is -0.160. The minimum Gasteiger partial charge on any atom is -0.476 e. The van der Waals surface area contributed by atoms with Crippen LogP contribution in [0.4, 0.5) is 13.2 Å². The quantitative estimate of drug-likeness (QED) is 0.0555. The molecule has 240 valence electrons. The molecule has 2 atom stereocenters. The number of β-lactam (4-membered cyclic amide) rings is 1. The maximum atomic E-state index is 12.9. The largest absolute Gasteiger partial charge is 0.534 e. The number of allylic oxidation sites excluding steroid dienone is 1. The number of ether oxygens (including phenoxy) is 1. The highest BCUT2D eigenvalue weighted by Gasteiger charge is 2.56. The van der Waals surface area contributed by atoms with Crippen molar-refractivity contribution in [2.75, 3.05) is 11.7 Å². The third kappa shape index (κ3) is 8.56. The summed E-state index contributed by atoms with van der Waals surface area (Å²) in [4.78, 5) is 57.4. The summed E-state index contributed by atoms with van der Waals surface area (Å²) in [6.45, 7) is 7.15. The molecule has 0 radical (unpaired) electrons. The third-order valence-corrected chi connectivity index (χ3v) is 8.26. The van der Waals surface area contributed by atoms with Crippen LogP contribution in [0.15, 0.2) is 16.6 Å². The maximum absolute atomic E-state index is 12.9. The summed E-state index contributed by atoms with van der Waals surface area (Å²) in [5.74, 6) is -5.65. The van der Waals surface area contributed by atoms with E-state index in [-0.39, 0.29) is 33.5 Å². The first-order valence-electron chi connectivity index (χ1n) is 12.0. The van der Waals surface area contributed by atoms with Crippen LogP contribution >= 0.6 is 45.5 Å². The Morgan fingerprint density at radius 2 is 1.86 bits per heavy atom. The lowest BCUT2D eigenvalue weighted by atomic mass is 9.77. The van der Waals surface area contributed by atoms with E-state index in [2.05, 4.69) is 19.2 Å². The number of Topliss-reactive ketones (excluding diaryl/α,β-unsaturated/α-hetero) is 1. The molecule has 43 heavy (non-hydrogen) atoms. The molecule has 0 bridgehead atoms. The zero-order valence-corrected chi connectivity index (χ0v) is 27.7. The van der Waals surface area contributed by atoms with Gasteiger partial charge in [0, 0.05) is 18.9 Å². The Bertz CT molecular complexity index is 1450. The Kier molecular flexibility index (Phi) is 12.0. The van der Waals surface area contributed by atoms with E-state index in [1.165, 1.54) is 7.11 Å². The molecular formula is C23H26ClF3IN3O10S2. The van der Waals surface area contributed by atoms with Crippen LogP contribution in [-0.4, -0.2) is 76.0 Å². The van der Waals surface area contributed by atoms with Gasteiger partial charge in [0.1, 0.15) is 21.8 Å². The van der Waals surface area contributed by atoms with Gasteiger partial charge in [-0.1, -0.05) is 16.8 Å². The number of thiazole rings is 1. The second-order valence-corrected chi connectivity index (χ2v) is 13.8. The Hall–Kier alpha value is -2.52. The number of hydrogen-bond acceptors (Lipinski definition) is 12. The number of carboxylic acid groups (broad SMARTS) is 1. The van der Waals surface area contributed by atoms with Crippen molar-refractivity contribution in [2.24, 2.45) is 16.5 Å². The van der Waals surface area contributed by atoms with Crippen LogP contribution < -0.4 is 0 Å². The molecule has 3 heterocycles. The number of halogens is 5. The van der Waals surface area contributed by atoms with Crippen LogP contribution in [0, 0.1) is 18.3 Å². The van der Waals surface area contributed by atoms with Gasteiger partial charge < -0.3 is 18.9 Å². The number of esters is 1. The molecule has 3 rings (SSSR count). The van der Waals surface area contributed by atoms with E-state index < -0.39 is 69.5 Å². The van der Waals surface area contributed by atoms with Crippen LogP contribution in [0.3, 0.4) is 0 Å². The summed E-state index contributed by atoms with van der Waals surface area (Å²) in [5, 5.41) is 13.6. The van der Waals surface area contributed by atoms with E-state index in [0.717, 1.165) is 11.3 Å². The number of aromatic nitrogens is 1. The number of aryl methyl sites for hydroxylation is 1. The van der Waals surface area contributed by atoms with Gasteiger partial charge in [0.2, 0.25) is 5.91 Å². The van der Waals surface area contributed by atoms with Crippen molar-refractivity contribution in [3.63, 3.8) is 0 Å². The van der Waals surface area contributed by atoms with E-state index in [1.54, 1.807) is 6.92 Å². The molecule has 0 spiro atoms. The molecule has 2 aliphatic rings. The zero-order chi connectivity index (χ0) is 33.1. The van der Waals surface area contributed by atoms with Crippen LogP contribution in [0.5, 0.6) is 0 Å². The minimum atomic E-state index is -6.14. The fourth-order valence-electron chi connectivity index (χ4n) is 3.88. The second-order valence-electron chi connectivity index (χ2n) is 9.88. The molecule has 0 aliphatic carbocycles. The van der Waals surface area contributed by atoms with Crippen molar-refractivity contribution in [3.8, 4) is 0 Å². The summed E-state index contributed by atoms with van der Waals surface area (Å²) in [5.41, 5.74) is -7.39. The summed E-state index contributed by atoms with van der Waals surface area (Å²) in [7, 11) is -4.96. The number of rotatable bonds is 9. The number of hydrogen-bond donors (Lipinski definition) is 1. The molecule has 1 aromatic rings. The Morgan fingerprint density at radius 3 is 2.28 bits per heavy atom. The van der Waals surface area contributed by atoms with Gasteiger partial charge >= 0.3 is 27.6 Å². The summed E-state index contributed by atoms with van der Waals surface area (Å²) in [6, 6.07) is -0.889. The van der Waals surface area contributed by atoms with Crippen molar-refractivity contribution >= 4 is 85.0 Å². The molecule has 0 aromatic carbocycles. The van der Waals surface area contributed by atoms with E-state index in [0.29, 0.717) is 14.5 Å². The molecule has 1 fully saturated rings. The molecule has 20 heteroatoms. The average Bonchev–Trinajstić information content (AvgIpc) is 3.21. The monoisotopic (exact) mass is 787 g/mol. The van der Waals surface area contributed by atoms with Gasteiger partial charge in [-0.2, -0.15) is 21.6 Å². The number of carboxylic acids is 1. The van der Waals surface area contributed by atoms with Crippen molar-refractivity contribution in [1.82, 2.24) is 9.88 Å². The first-order valence-corrected chi connectivity index (χ1v) is 16.1. The fraction of sp³-hybridized carbons (Fsp3) is 0.565. The highest BCUT2D eigenvalue weighted by Crippen LogP contribution is 2.43. The van der Waals surface area contributed by atoms with Gasteiger partial charge in [0.25, 0.3) is 0 Å². The summed E-state index contributed by atoms with van der Waals surface area (Å²) < 4.78 is 70.0. The van der Waals surface area contributed by atoms with E-state index >= 15 is 0 Å². The molecule has 1 aromatic heterocycles. The van der Waals surface area contributed by atoms with Gasteiger partial charge in [0.15, 0.2) is 23.0 Å².